The number of nitrogens with zero attached hydrogens (tertiary/aromatic N) is 3. The molecule has 1 amide bonds. The zero-order chi connectivity index (χ0) is 20.2. The molecule has 1 fully saturated rings. The van der Waals surface area contributed by atoms with Crippen LogP contribution in [0.15, 0.2) is 65.5 Å². The maximum absolute atomic E-state index is 12.7. The number of nitrogens with one attached hydrogen (secondary N) is 1. The predicted octanol–water partition coefficient (Wildman–Crippen LogP) is 4.12. The van der Waals surface area contributed by atoms with E-state index in [1.165, 1.54) is 6.39 Å². The van der Waals surface area contributed by atoms with Gasteiger partial charge in [-0.15, -0.1) is 0 Å². The largest absolute Gasteiger partial charge is 0.444 e. The van der Waals surface area contributed by atoms with Crippen molar-refractivity contribution in [2.24, 2.45) is 0 Å². The first-order valence-corrected chi connectivity index (χ1v) is 9.99. The topological polar surface area (TPSA) is 61.6 Å². The number of amides is 1. The Bertz CT molecular complexity index is 943. The summed E-state index contributed by atoms with van der Waals surface area (Å²) in [6.45, 7) is 8.65. The van der Waals surface area contributed by atoms with E-state index in [2.05, 4.69) is 33.9 Å². The fraction of sp³-hybridized carbons (Fsp3) is 0.304. The SMILES string of the molecule is CC(C)N1CCN(c2ccc(C(=O)Nc3cccc(-c4cnco4)c3)cc2)CC1. The lowest BCUT2D eigenvalue weighted by Crippen LogP contribution is -2.48. The van der Waals surface area contributed by atoms with Crippen molar-refractivity contribution in [1.82, 2.24) is 9.88 Å². The maximum Gasteiger partial charge on any atom is 0.255 e. The van der Waals surface area contributed by atoms with Gasteiger partial charge in [-0.2, -0.15) is 0 Å². The monoisotopic (exact) mass is 390 g/mol. The first-order chi connectivity index (χ1) is 14.1. The molecule has 6 nitrogen and oxygen atoms in total. The van der Waals surface area contributed by atoms with Crippen LogP contribution >= 0.6 is 0 Å². The standard InChI is InChI=1S/C23H26N4O2/c1-17(2)26-10-12-27(13-11-26)21-8-6-18(7-9-21)23(28)25-20-5-3-4-19(14-20)22-15-24-16-29-22/h3-9,14-17H,10-13H2,1-2H3,(H,25,28). The maximum atomic E-state index is 12.7. The predicted molar refractivity (Wildman–Crippen MR) is 115 cm³/mol. The molecule has 1 aliphatic heterocycles. The van der Waals surface area contributed by atoms with Gasteiger partial charge in [-0.25, -0.2) is 4.98 Å². The van der Waals surface area contributed by atoms with E-state index >= 15 is 0 Å². The van der Waals surface area contributed by atoms with Gasteiger partial charge in [-0.05, 0) is 50.2 Å². The molecule has 0 unspecified atom stereocenters. The minimum absolute atomic E-state index is 0.129. The van der Waals surface area contributed by atoms with Crippen molar-refractivity contribution in [3.8, 4) is 11.3 Å². The van der Waals surface area contributed by atoms with Gasteiger partial charge in [0, 0.05) is 54.7 Å². The van der Waals surface area contributed by atoms with Crippen LogP contribution in [0.1, 0.15) is 24.2 Å². The zero-order valence-corrected chi connectivity index (χ0v) is 16.8. The first kappa shape index (κ1) is 19.2. The lowest BCUT2D eigenvalue weighted by molar-refractivity contribution is 0.102. The van der Waals surface area contributed by atoms with Crippen LogP contribution in [0.25, 0.3) is 11.3 Å². The molecule has 1 N–H and O–H groups in total. The number of oxazole rings is 1. The summed E-state index contributed by atoms with van der Waals surface area (Å²) in [5.41, 5.74) is 3.39. The van der Waals surface area contributed by atoms with E-state index in [9.17, 15) is 4.79 Å². The minimum atomic E-state index is -0.129. The molecule has 1 aromatic heterocycles. The highest BCUT2D eigenvalue weighted by Gasteiger charge is 2.19. The molecule has 4 rings (SSSR count). The van der Waals surface area contributed by atoms with Crippen LogP contribution in [0.5, 0.6) is 0 Å². The van der Waals surface area contributed by atoms with Crippen LogP contribution in [0.3, 0.4) is 0 Å². The third-order valence-corrected chi connectivity index (χ3v) is 5.38. The summed E-state index contributed by atoms with van der Waals surface area (Å²) in [4.78, 5) is 21.5. The second-order valence-electron chi connectivity index (χ2n) is 7.56. The number of carbonyl (C=O) groups excluding carboxylic acids is 1. The Morgan fingerprint density at radius 2 is 1.83 bits per heavy atom. The van der Waals surface area contributed by atoms with E-state index in [1.807, 2.05) is 48.5 Å². The zero-order valence-electron chi connectivity index (χ0n) is 16.8. The Balaban J connectivity index is 1.39. The van der Waals surface area contributed by atoms with E-state index in [-0.39, 0.29) is 5.91 Å². The smallest absolute Gasteiger partial charge is 0.255 e. The van der Waals surface area contributed by atoms with Crippen molar-refractivity contribution < 1.29 is 9.21 Å². The fourth-order valence-corrected chi connectivity index (χ4v) is 3.63. The van der Waals surface area contributed by atoms with E-state index in [1.54, 1.807) is 6.20 Å². The summed E-state index contributed by atoms with van der Waals surface area (Å²) in [6, 6.07) is 16.0. The lowest BCUT2D eigenvalue weighted by Gasteiger charge is -2.38. The third-order valence-electron chi connectivity index (χ3n) is 5.38. The highest BCUT2D eigenvalue weighted by Crippen LogP contribution is 2.23. The number of hydrogen-bond donors (Lipinski definition) is 1. The molecule has 6 heteroatoms. The highest BCUT2D eigenvalue weighted by molar-refractivity contribution is 6.04. The van der Waals surface area contributed by atoms with Gasteiger partial charge in [0.15, 0.2) is 12.2 Å². The number of rotatable bonds is 5. The number of piperazine rings is 1. The molecule has 0 spiro atoms. The third kappa shape index (κ3) is 4.49. The summed E-state index contributed by atoms with van der Waals surface area (Å²) in [5.74, 6) is 0.541. The van der Waals surface area contributed by atoms with Crippen molar-refractivity contribution in [3.05, 3.63) is 66.7 Å². The van der Waals surface area contributed by atoms with Gasteiger partial charge in [-0.1, -0.05) is 12.1 Å². The summed E-state index contributed by atoms with van der Waals surface area (Å²) in [5, 5.41) is 2.96. The second kappa shape index (κ2) is 8.49. The van der Waals surface area contributed by atoms with Gasteiger partial charge in [0.25, 0.3) is 5.91 Å². The van der Waals surface area contributed by atoms with Crippen LogP contribution in [0, 0.1) is 0 Å². The summed E-state index contributed by atoms with van der Waals surface area (Å²) in [7, 11) is 0. The number of carbonyl (C=O) groups is 1. The molecule has 2 heterocycles. The van der Waals surface area contributed by atoms with Gasteiger partial charge in [0.05, 0.1) is 6.20 Å². The van der Waals surface area contributed by atoms with Crippen LogP contribution in [-0.4, -0.2) is 48.0 Å². The summed E-state index contributed by atoms with van der Waals surface area (Å²) >= 11 is 0. The van der Waals surface area contributed by atoms with Crippen LogP contribution in [0.4, 0.5) is 11.4 Å². The Hall–Kier alpha value is -3.12. The Labute approximate surface area is 171 Å². The first-order valence-electron chi connectivity index (χ1n) is 9.99. The van der Waals surface area contributed by atoms with Crippen LogP contribution in [0.2, 0.25) is 0 Å². The summed E-state index contributed by atoms with van der Waals surface area (Å²) in [6.07, 6.45) is 3.05. The average molecular weight is 390 g/mol. The normalized spacial score (nSPS) is 14.9. The van der Waals surface area contributed by atoms with Gasteiger partial charge in [0.1, 0.15) is 0 Å². The van der Waals surface area contributed by atoms with Crippen LogP contribution < -0.4 is 10.2 Å². The molecule has 2 aromatic carbocycles. The average Bonchev–Trinajstić information content (AvgIpc) is 3.29. The van der Waals surface area contributed by atoms with Gasteiger partial charge < -0.3 is 14.6 Å². The molecule has 0 atom stereocenters. The van der Waals surface area contributed by atoms with Gasteiger partial charge >= 0.3 is 0 Å². The van der Waals surface area contributed by atoms with E-state index in [0.717, 1.165) is 43.1 Å². The molecule has 1 saturated heterocycles. The Morgan fingerprint density at radius 3 is 2.48 bits per heavy atom. The minimum Gasteiger partial charge on any atom is -0.444 e. The summed E-state index contributed by atoms with van der Waals surface area (Å²) < 4.78 is 5.32. The highest BCUT2D eigenvalue weighted by atomic mass is 16.3. The van der Waals surface area contributed by atoms with Gasteiger partial charge in [-0.3, -0.25) is 9.69 Å². The molecule has 0 bridgehead atoms. The van der Waals surface area contributed by atoms with E-state index in [4.69, 9.17) is 4.42 Å². The molecule has 0 radical (unpaired) electrons. The van der Waals surface area contributed by atoms with Gasteiger partial charge in [0.2, 0.25) is 0 Å². The number of anilines is 2. The second-order valence-corrected chi connectivity index (χ2v) is 7.56. The molecule has 0 saturated carbocycles. The number of hydrogen-bond acceptors (Lipinski definition) is 5. The molecule has 29 heavy (non-hydrogen) atoms. The van der Waals surface area contributed by atoms with Crippen molar-refractivity contribution in [2.45, 2.75) is 19.9 Å². The van der Waals surface area contributed by atoms with Crippen molar-refractivity contribution in [3.63, 3.8) is 0 Å². The molecular formula is C23H26N4O2. The molecule has 3 aromatic rings. The molecule has 150 valence electrons. The van der Waals surface area contributed by atoms with E-state index in [0.29, 0.717) is 17.4 Å². The van der Waals surface area contributed by atoms with Crippen molar-refractivity contribution in [2.75, 3.05) is 36.4 Å². The molecule has 1 aliphatic rings. The van der Waals surface area contributed by atoms with Crippen molar-refractivity contribution in [1.29, 1.82) is 0 Å². The fourth-order valence-electron chi connectivity index (χ4n) is 3.63. The Kier molecular flexibility index (Phi) is 5.62. The Morgan fingerprint density at radius 1 is 1.07 bits per heavy atom. The quantitative estimate of drug-likeness (QED) is 0.710. The molecule has 0 aliphatic carbocycles. The number of benzene rings is 2. The van der Waals surface area contributed by atoms with Crippen LogP contribution in [-0.2, 0) is 0 Å². The lowest BCUT2D eigenvalue weighted by atomic mass is 10.1. The molecular weight excluding hydrogens is 364 g/mol. The van der Waals surface area contributed by atoms with E-state index < -0.39 is 0 Å². The van der Waals surface area contributed by atoms with Crippen molar-refractivity contribution >= 4 is 17.3 Å². The number of aromatic nitrogens is 1.